The van der Waals surface area contributed by atoms with Gasteiger partial charge in [-0.1, -0.05) is 65.8 Å². The van der Waals surface area contributed by atoms with E-state index < -0.39 is 0 Å². The van der Waals surface area contributed by atoms with Gasteiger partial charge in [0.05, 0.1) is 5.71 Å². The number of hydrogen-bond acceptors (Lipinski definition) is 4. The quantitative estimate of drug-likeness (QED) is 0.635. The van der Waals surface area contributed by atoms with Crippen LogP contribution in [0.2, 0.25) is 0 Å². The summed E-state index contributed by atoms with van der Waals surface area (Å²) in [5, 5.41) is 28.5. The molecule has 146 valence electrons. The first-order valence-corrected chi connectivity index (χ1v) is 9.28. The van der Waals surface area contributed by atoms with Crippen LogP contribution in [0, 0.1) is 0 Å². The predicted molar refractivity (Wildman–Crippen MR) is 115 cm³/mol. The van der Waals surface area contributed by atoms with Crippen LogP contribution in [0.3, 0.4) is 0 Å². The lowest BCUT2D eigenvalue weighted by Crippen LogP contribution is -2.21. The van der Waals surface area contributed by atoms with Gasteiger partial charge in [-0.3, -0.25) is 5.01 Å². The third-order valence-corrected chi connectivity index (χ3v) is 4.73. The number of rotatable bonds is 2. The van der Waals surface area contributed by atoms with Gasteiger partial charge in [0, 0.05) is 23.2 Å². The lowest BCUT2D eigenvalue weighted by Gasteiger charge is -2.30. The Balaban J connectivity index is 2.72. The summed E-state index contributed by atoms with van der Waals surface area (Å²) in [7, 11) is 1.69. The lowest BCUT2D eigenvalue weighted by molar-refractivity contribution is 0.418. The Hall–Kier alpha value is -2.20. The molecule has 1 aromatic rings. The zero-order chi connectivity index (χ0) is 20.7. The molecule has 27 heavy (non-hydrogen) atoms. The van der Waals surface area contributed by atoms with Crippen molar-refractivity contribution in [1.82, 2.24) is 0 Å². The van der Waals surface area contributed by atoms with E-state index >= 15 is 0 Å². The monoisotopic (exact) mass is 388 g/mol. The van der Waals surface area contributed by atoms with Crippen LogP contribution in [-0.4, -0.2) is 23.0 Å². The van der Waals surface area contributed by atoms with Crippen molar-refractivity contribution < 1.29 is 10.2 Å². The highest BCUT2D eigenvalue weighted by Gasteiger charge is 2.30. The van der Waals surface area contributed by atoms with Crippen LogP contribution in [0.15, 0.2) is 46.6 Å². The van der Waals surface area contributed by atoms with E-state index in [0.29, 0.717) is 16.3 Å². The molecule has 0 saturated carbocycles. The van der Waals surface area contributed by atoms with Gasteiger partial charge < -0.3 is 10.2 Å². The van der Waals surface area contributed by atoms with Crippen LogP contribution < -0.4 is 5.01 Å². The van der Waals surface area contributed by atoms with E-state index in [2.05, 4.69) is 11.7 Å². The van der Waals surface area contributed by atoms with Gasteiger partial charge in [-0.05, 0) is 34.6 Å². The smallest absolute Gasteiger partial charge is 0.148 e. The normalized spacial score (nSPS) is 16.7. The maximum absolute atomic E-state index is 11.0. The average Bonchev–Trinajstić information content (AvgIpc) is 2.48. The SMILES string of the molecule is C=C1C=CC(Cl)=C/C1=N/N(C)c1c(O)c(C(C)(C)C)cc(C(C)(C)C)c1O. The number of hydrogen-bond donors (Lipinski definition) is 2. The summed E-state index contributed by atoms with van der Waals surface area (Å²) in [6.07, 6.45) is 5.23. The van der Waals surface area contributed by atoms with E-state index in [1.165, 1.54) is 5.01 Å². The second-order valence-electron chi connectivity index (χ2n) is 8.91. The fraction of sp³-hybridized carbons (Fsp3) is 0.409. The van der Waals surface area contributed by atoms with E-state index in [-0.39, 0.29) is 28.0 Å². The Kier molecular flexibility index (Phi) is 5.53. The van der Waals surface area contributed by atoms with E-state index in [0.717, 1.165) is 11.1 Å². The number of benzene rings is 1. The number of aromatic hydroxyl groups is 2. The highest BCUT2D eigenvalue weighted by Crippen LogP contribution is 2.48. The molecule has 0 amide bonds. The predicted octanol–water partition coefficient (Wildman–Crippen LogP) is 5.73. The minimum absolute atomic E-state index is 0.0203. The van der Waals surface area contributed by atoms with Gasteiger partial charge >= 0.3 is 0 Å². The number of phenols is 2. The average molecular weight is 389 g/mol. The van der Waals surface area contributed by atoms with E-state index in [4.69, 9.17) is 11.6 Å². The second-order valence-corrected chi connectivity index (χ2v) is 9.35. The summed E-state index contributed by atoms with van der Waals surface area (Å²) >= 11 is 6.07. The molecule has 5 heteroatoms. The van der Waals surface area contributed by atoms with Gasteiger partial charge in [-0.25, -0.2) is 0 Å². The van der Waals surface area contributed by atoms with Crippen LogP contribution >= 0.6 is 11.6 Å². The Labute approximate surface area is 167 Å². The summed E-state index contributed by atoms with van der Waals surface area (Å²) in [6.45, 7) is 16.1. The molecule has 0 bridgehead atoms. The summed E-state index contributed by atoms with van der Waals surface area (Å²) in [6, 6.07) is 1.88. The number of nitrogens with zero attached hydrogens (tertiary/aromatic N) is 2. The second kappa shape index (κ2) is 7.08. The largest absolute Gasteiger partial charge is 0.505 e. The Morgan fingerprint density at radius 3 is 1.89 bits per heavy atom. The van der Waals surface area contributed by atoms with Gasteiger partial charge in [-0.15, -0.1) is 0 Å². The van der Waals surface area contributed by atoms with Crippen molar-refractivity contribution in [3.8, 4) is 11.5 Å². The van der Waals surface area contributed by atoms with Crippen molar-refractivity contribution in [2.24, 2.45) is 5.10 Å². The molecule has 4 nitrogen and oxygen atoms in total. The highest BCUT2D eigenvalue weighted by atomic mass is 35.5. The van der Waals surface area contributed by atoms with Gasteiger partial charge in [0.2, 0.25) is 0 Å². The van der Waals surface area contributed by atoms with E-state index in [1.807, 2.05) is 47.6 Å². The van der Waals surface area contributed by atoms with Crippen LogP contribution in [0.5, 0.6) is 11.5 Å². The molecule has 0 unspecified atom stereocenters. The van der Waals surface area contributed by atoms with Gasteiger partial charge in [0.1, 0.15) is 17.2 Å². The minimum atomic E-state index is -0.305. The standard InChI is InChI=1S/C22H29ClN2O2/c1-13-9-10-14(23)11-17(13)24-25(8)18-19(26)15(21(2,3)4)12-16(20(18)27)22(5,6)7/h9-12,26-27H,1H2,2-8H3/b24-17-. The Morgan fingerprint density at radius 2 is 1.44 bits per heavy atom. The van der Waals surface area contributed by atoms with Crippen molar-refractivity contribution in [3.05, 3.63) is 52.6 Å². The van der Waals surface area contributed by atoms with Gasteiger partial charge in [0.25, 0.3) is 0 Å². The number of anilines is 1. The maximum Gasteiger partial charge on any atom is 0.148 e. The molecule has 0 aromatic heterocycles. The maximum atomic E-state index is 11.0. The molecule has 2 rings (SSSR count). The topological polar surface area (TPSA) is 56.1 Å². The number of allylic oxidation sites excluding steroid dienone is 5. The first-order chi connectivity index (χ1) is 12.2. The van der Waals surface area contributed by atoms with Crippen LogP contribution in [0.4, 0.5) is 5.69 Å². The Morgan fingerprint density at radius 1 is 0.963 bits per heavy atom. The van der Waals surface area contributed by atoms with Crippen LogP contribution in [0.25, 0.3) is 0 Å². The molecule has 0 heterocycles. The summed E-state index contributed by atoms with van der Waals surface area (Å²) < 4.78 is 0. The number of hydrazone groups is 1. The van der Waals surface area contributed by atoms with Gasteiger partial charge in [-0.2, -0.15) is 5.10 Å². The molecule has 0 saturated heterocycles. The first kappa shape index (κ1) is 21.1. The number of phenolic OH excluding ortho intramolecular Hbond substituents is 2. The van der Waals surface area contributed by atoms with Crippen molar-refractivity contribution in [2.75, 3.05) is 12.1 Å². The molecule has 0 spiro atoms. The van der Waals surface area contributed by atoms with E-state index in [9.17, 15) is 10.2 Å². The molecule has 1 aromatic carbocycles. The number of halogens is 1. The van der Waals surface area contributed by atoms with E-state index in [1.54, 1.807) is 25.3 Å². The molecular weight excluding hydrogens is 360 g/mol. The zero-order valence-corrected chi connectivity index (χ0v) is 17.9. The highest BCUT2D eigenvalue weighted by molar-refractivity contribution is 6.34. The third-order valence-electron chi connectivity index (χ3n) is 4.49. The molecule has 1 aliphatic carbocycles. The summed E-state index contributed by atoms with van der Waals surface area (Å²) in [4.78, 5) is 0. The molecule has 0 radical (unpaired) electrons. The molecular formula is C22H29ClN2O2. The first-order valence-electron chi connectivity index (χ1n) is 8.90. The molecule has 0 aliphatic heterocycles. The molecule has 2 N–H and O–H groups in total. The van der Waals surface area contributed by atoms with Crippen molar-refractivity contribution in [1.29, 1.82) is 0 Å². The minimum Gasteiger partial charge on any atom is -0.505 e. The summed E-state index contributed by atoms with van der Waals surface area (Å²) in [5.74, 6) is 0.0405. The van der Waals surface area contributed by atoms with Crippen molar-refractivity contribution >= 4 is 23.0 Å². The van der Waals surface area contributed by atoms with Crippen molar-refractivity contribution in [3.63, 3.8) is 0 Å². The fourth-order valence-electron chi connectivity index (χ4n) is 2.94. The lowest BCUT2D eigenvalue weighted by atomic mass is 9.79. The van der Waals surface area contributed by atoms with Crippen molar-refractivity contribution in [2.45, 2.75) is 52.4 Å². The molecule has 1 aliphatic rings. The molecule has 0 fully saturated rings. The van der Waals surface area contributed by atoms with Gasteiger partial charge in [0.15, 0.2) is 0 Å². The third kappa shape index (κ3) is 4.38. The summed E-state index contributed by atoms with van der Waals surface area (Å²) in [5.41, 5.74) is 2.44. The zero-order valence-electron chi connectivity index (χ0n) is 17.2. The van der Waals surface area contributed by atoms with Crippen LogP contribution in [0.1, 0.15) is 52.7 Å². The van der Waals surface area contributed by atoms with Crippen LogP contribution in [-0.2, 0) is 10.8 Å². The Bertz CT molecular complexity index is 828. The molecule has 0 atom stereocenters. The fourth-order valence-corrected chi connectivity index (χ4v) is 3.11.